The monoisotopic (exact) mass is 453 g/mol. The van der Waals surface area contributed by atoms with Crippen molar-refractivity contribution in [2.75, 3.05) is 5.32 Å². The molecule has 1 unspecified atom stereocenters. The van der Waals surface area contributed by atoms with Crippen LogP contribution in [0.5, 0.6) is 0 Å². The van der Waals surface area contributed by atoms with Crippen LogP contribution < -0.4 is 5.32 Å². The summed E-state index contributed by atoms with van der Waals surface area (Å²) in [5, 5.41) is 3.41. The third-order valence-corrected chi connectivity index (χ3v) is 6.39. The highest BCUT2D eigenvalue weighted by molar-refractivity contribution is 8.15. The molecule has 1 atom stereocenters. The third kappa shape index (κ3) is 5.00. The SMILES string of the molecule is Cc1c(Cl)cccc1NC(=O)CC1SC(=Nc2ccccc2)N(Cc2ccco2)C1=O. The van der Waals surface area contributed by atoms with E-state index in [1.165, 1.54) is 11.8 Å². The van der Waals surface area contributed by atoms with Crippen molar-refractivity contribution in [2.45, 2.75) is 25.1 Å². The first-order valence-electron chi connectivity index (χ1n) is 9.70. The van der Waals surface area contributed by atoms with E-state index in [2.05, 4.69) is 10.3 Å². The Morgan fingerprint density at radius 2 is 1.97 bits per heavy atom. The highest BCUT2D eigenvalue weighted by Crippen LogP contribution is 2.33. The molecule has 2 heterocycles. The number of carbonyl (C=O) groups excluding carboxylic acids is 2. The Morgan fingerprint density at radius 1 is 1.16 bits per heavy atom. The topological polar surface area (TPSA) is 74.9 Å². The van der Waals surface area contributed by atoms with Crippen molar-refractivity contribution in [1.82, 2.24) is 4.90 Å². The van der Waals surface area contributed by atoms with Gasteiger partial charge in [-0.05, 0) is 48.9 Å². The van der Waals surface area contributed by atoms with E-state index < -0.39 is 5.25 Å². The quantitative estimate of drug-likeness (QED) is 0.542. The van der Waals surface area contributed by atoms with Gasteiger partial charge in [-0.2, -0.15) is 0 Å². The van der Waals surface area contributed by atoms with Crippen LogP contribution in [0.4, 0.5) is 11.4 Å². The zero-order valence-corrected chi connectivity index (χ0v) is 18.3. The zero-order chi connectivity index (χ0) is 21.8. The summed E-state index contributed by atoms with van der Waals surface area (Å²) >= 11 is 7.42. The standard InChI is InChI=1S/C23H20ClN3O3S/c1-15-18(24)10-5-11-19(15)26-21(28)13-20-22(29)27(14-17-9-6-12-30-17)23(31-20)25-16-7-3-2-4-8-16/h2-12,20H,13-14H2,1H3,(H,26,28). The lowest BCUT2D eigenvalue weighted by atomic mass is 10.2. The van der Waals surface area contributed by atoms with E-state index in [4.69, 9.17) is 16.0 Å². The molecule has 1 aliphatic rings. The molecular weight excluding hydrogens is 434 g/mol. The molecule has 0 radical (unpaired) electrons. The van der Waals surface area contributed by atoms with Crippen LogP contribution in [0.15, 0.2) is 76.3 Å². The zero-order valence-electron chi connectivity index (χ0n) is 16.7. The molecule has 1 N–H and O–H groups in total. The molecule has 0 spiro atoms. The predicted octanol–water partition coefficient (Wildman–Crippen LogP) is 5.40. The van der Waals surface area contributed by atoms with E-state index >= 15 is 0 Å². The Balaban J connectivity index is 1.52. The van der Waals surface area contributed by atoms with Gasteiger partial charge in [0.1, 0.15) is 11.0 Å². The summed E-state index contributed by atoms with van der Waals surface area (Å²) in [5.74, 6) is 0.221. The maximum atomic E-state index is 13.1. The van der Waals surface area contributed by atoms with Gasteiger partial charge in [0.2, 0.25) is 11.8 Å². The fourth-order valence-electron chi connectivity index (χ4n) is 3.15. The van der Waals surface area contributed by atoms with Gasteiger partial charge in [-0.25, -0.2) is 4.99 Å². The molecule has 2 aromatic carbocycles. The first-order valence-corrected chi connectivity index (χ1v) is 11.0. The van der Waals surface area contributed by atoms with E-state index in [0.29, 0.717) is 21.6 Å². The Morgan fingerprint density at radius 3 is 2.71 bits per heavy atom. The molecular formula is C23H20ClN3O3S. The van der Waals surface area contributed by atoms with Crippen LogP contribution in [0.1, 0.15) is 17.7 Å². The lowest BCUT2D eigenvalue weighted by Crippen LogP contribution is -2.33. The molecule has 31 heavy (non-hydrogen) atoms. The second-order valence-electron chi connectivity index (χ2n) is 7.00. The summed E-state index contributed by atoms with van der Waals surface area (Å²) in [7, 11) is 0. The highest BCUT2D eigenvalue weighted by atomic mass is 35.5. The molecule has 158 valence electrons. The Bertz CT molecular complexity index is 1120. The van der Waals surface area contributed by atoms with Crippen LogP contribution in [0, 0.1) is 6.92 Å². The molecule has 0 aliphatic carbocycles. The first kappa shape index (κ1) is 21.2. The largest absolute Gasteiger partial charge is 0.467 e. The van der Waals surface area contributed by atoms with Gasteiger partial charge < -0.3 is 9.73 Å². The first-order chi connectivity index (χ1) is 15.0. The van der Waals surface area contributed by atoms with Gasteiger partial charge in [-0.1, -0.05) is 47.6 Å². The number of nitrogens with one attached hydrogen (secondary N) is 1. The second kappa shape index (κ2) is 9.41. The van der Waals surface area contributed by atoms with Crippen molar-refractivity contribution in [3.8, 4) is 0 Å². The Kier molecular flexibility index (Phi) is 6.44. The molecule has 6 nitrogen and oxygen atoms in total. The fourth-order valence-corrected chi connectivity index (χ4v) is 4.49. The number of hydrogen-bond donors (Lipinski definition) is 1. The van der Waals surface area contributed by atoms with Crippen LogP contribution in [-0.2, 0) is 16.1 Å². The number of benzene rings is 2. The number of amidine groups is 1. The number of anilines is 1. The fraction of sp³-hybridized carbons (Fsp3) is 0.174. The van der Waals surface area contributed by atoms with Crippen molar-refractivity contribution < 1.29 is 14.0 Å². The maximum absolute atomic E-state index is 13.1. The number of furan rings is 1. The van der Waals surface area contributed by atoms with Crippen LogP contribution in [0.3, 0.4) is 0 Å². The minimum Gasteiger partial charge on any atom is -0.467 e. The van der Waals surface area contributed by atoms with E-state index in [1.54, 1.807) is 41.5 Å². The molecule has 2 amide bonds. The summed E-state index contributed by atoms with van der Waals surface area (Å²) < 4.78 is 5.41. The number of rotatable bonds is 6. The van der Waals surface area contributed by atoms with E-state index in [-0.39, 0.29) is 24.8 Å². The molecule has 3 aromatic rings. The van der Waals surface area contributed by atoms with Crippen molar-refractivity contribution in [3.05, 3.63) is 83.3 Å². The van der Waals surface area contributed by atoms with Crippen LogP contribution in [0.25, 0.3) is 0 Å². The lowest BCUT2D eigenvalue weighted by molar-refractivity contribution is -0.128. The molecule has 8 heteroatoms. The smallest absolute Gasteiger partial charge is 0.243 e. The van der Waals surface area contributed by atoms with Crippen LogP contribution in [0.2, 0.25) is 5.02 Å². The molecule has 4 rings (SSSR count). The van der Waals surface area contributed by atoms with Gasteiger partial charge in [-0.15, -0.1) is 0 Å². The molecule has 1 aromatic heterocycles. The summed E-state index contributed by atoms with van der Waals surface area (Å²) in [4.78, 5) is 32.0. The molecule has 1 aliphatic heterocycles. The van der Waals surface area contributed by atoms with E-state index in [0.717, 1.165) is 11.3 Å². The van der Waals surface area contributed by atoms with Gasteiger partial charge in [0.25, 0.3) is 0 Å². The minimum absolute atomic E-state index is 0.0257. The van der Waals surface area contributed by atoms with Crippen molar-refractivity contribution in [1.29, 1.82) is 0 Å². The van der Waals surface area contributed by atoms with Gasteiger partial charge in [0, 0.05) is 17.1 Å². The summed E-state index contributed by atoms with van der Waals surface area (Å²) in [6.45, 7) is 2.10. The number of aliphatic imine (C=N–C) groups is 1. The van der Waals surface area contributed by atoms with Gasteiger partial charge in [0.05, 0.1) is 18.5 Å². The van der Waals surface area contributed by atoms with Crippen LogP contribution in [-0.4, -0.2) is 27.1 Å². The number of nitrogens with zero attached hydrogens (tertiary/aromatic N) is 2. The molecule has 1 fully saturated rings. The van der Waals surface area contributed by atoms with Gasteiger partial charge >= 0.3 is 0 Å². The Hall–Kier alpha value is -3.03. The lowest BCUT2D eigenvalue weighted by Gasteiger charge is -2.15. The minimum atomic E-state index is -0.572. The predicted molar refractivity (Wildman–Crippen MR) is 124 cm³/mol. The van der Waals surface area contributed by atoms with Crippen molar-refractivity contribution >= 4 is 51.7 Å². The van der Waals surface area contributed by atoms with Crippen molar-refractivity contribution in [2.24, 2.45) is 4.99 Å². The summed E-state index contributed by atoms with van der Waals surface area (Å²) in [6, 6.07) is 18.3. The van der Waals surface area contributed by atoms with Crippen molar-refractivity contribution in [3.63, 3.8) is 0 Å². The van der Waals surface area contributed by atoms with E-state index in [1.807, 2.05) is 37.3 Å². The average Bonchev–Trinajstić information content (AvgIpc) is 3.37. The number of hydrogen-bond acceptors (Lipinski definition) is 5. The molecule has 0 saturated carbocycles. The maximum Gasteiger partial charge on any atom is 0.243 e. The number of para-hydroxylation sites is 1. The number of carbonyl (C=O) groups is 2. The van der Waals surface area contributed by atoms with E-state index in [9.17, 15) is 9.59 Å². The average molecular weight is 454 g/mol. The number of halogens is 1. The number of amides is 2. The molecule has 1 saturated heterocycles. The van der Waals surface area contributed by atoms with Gasteiger partial charge in [-0.3, -0.25) is 14.5 Å². The second-order valence-corrected chi connectivity index (χ2v) is 8.58. The van der Waals surface area contributed by atoms with Gasteiger partial charge in [0.15, 0.2) is 5.17 Å². The highest BCUT2D eigenvalue weighted by Gasteiger charge is 2.39. The Labute approximate surface area is 189 Å². The molecule has 0 bridgehead atoms. The number of thioether (sulfide) groups is 1. The third-order valence-electron chi connectivity index (χ3n) is 4.81. The normalized spacial score (nSPS) is 17.4. The summed E-state index contributed by atoms with van der Waals surface area (Å²) in [6.07, 6.45) is 1.59. The van der Waals surface area contributed by atoms with Crippen LogP contribution >= 0.6 is 23.4 Å². The summed E-state index contributed by atoms with van der Waals surface area (Å²) in [5.41, 5.74) is 2.16.